The van der Waals surface area contributed by atoms with E-state index >= 15 is 0 Å². The van der Waals surface area contributed by atoms with E-state index in [0.29, 0.717) is 36.0 Å². The first kappa shape index (κ1) is 35.4. The first-order chi connectivity index (χ1) is 24.0. The third kappa shape index (κ3) is 9.80. The SMILES string of the molecule is CC(CNc1ncc(-c2nnc(C(F)F)o2)cn1)c1ccc(F)cc1.CC(Cc1ccc(F)cc1)Nc1ncc(-c2nnc(C(F)F)o2)cn1. The summed E-state index contributed by atoms with van der Waals surface area (Å²) in [6, 6.07) is 12.5. The molecular formula is C32H28F6N10O2. The summed E-state index contributed by atoms with van der Waals surface area (Å²) < 4.78 is 85.3. The minimum absolute atomic E-state index is 0.00477. The maximum absolute atomic E-state index is 12.9. The molecule has 18 heteroatoms. The van der Waals surface area contributed by atoms with Gasteiger partial charge in [0.2, 0.25) is 11.9 Å². The van der Waals surface area contributed by atoms with Crippen LogP contribution in [0.3, 0.4) is 0 Å². The van der Waals surface area contributed by atoms with Crippen molar-refractivity contribution in [3.63, 3.8) is 0 Å². The van der Waals surface area contributed by atoms with E-state index in [-0.39, 0.29) is 35.4 Å². The molecular weight excluding hydrogens is 670 g/mol. The molecule has 0 aliphatic rings. The Bertz CT molecular complexity index is 1920. The van der Waals surface area contributed by atoms with Crippen molar-refractivity contribution in [2.45, 2.75) is 45.1 Å². The normalized spacial score (nSPS) is 12.4. The lowest BCUT2D eigenvalue weighted by Crippen LogP contribution is -2.19. The zero-order valence-electron chi connectivity index (χ0n) is 26.3. The third-order valence-electron chi connectivity index (χ3n) is 6.89. The van der Waals surface area contributed by atoms with E-state index in [1.54, 1.807) is 24.3 Å². The van der Waals surface area contributed by atoms with Crippen molar-refractivity contribution in [1.29, 1.82) is 0 Å². The number of benzene rings is 2. The van der Waals surface area contributed by atoms with Gasteiger partial charge in [0.05, 0.1) is 11.1 Å². The molecule has 12 nitrogen and oxygen atoms in total. The van der Waals surface area contributed by atoms with E-state index in [1.165, 1.54) is 49.1 Å². The number of anilines is 2. The predicted molar refractivity (Wildman–Crippen MR) is 167 cm³/mol. The molecule has 2 atom stereocenters. The topological polar surface area (TPSA) is 153 Å². The van der Waals surface area contributed by atoms with Gasteiger partial charge in [-0.3, -0.25) is 0 Å². The molecule has 4 aromatic heterocycles. The van der Waals surface area contributed by atoms with Gasteiger partial charge in [0.15, 0.2) is 0 Å². The van der Waals surface area contributed by atoms with Gasteiger partial charge in [-0.2, -0.15) is 17.6 Å². The summed E-state index contributed by atoms with van der Waals surface area (Å²) in [6.45, 7) is 4.47. The van der Waals surface area contributed by atoms with E-state index < -0.39 is 24.6 Å². The molecule has 6 aromatic rings. The van der Waals surface area contributed by atoms with E-state index in [4.69, 9.17) is 8.83 Å². The monoisotopic (exact) mass is 698 g/mol. The summed E-state index contributed by atoms with van der Waals surface area (Å²) in [7, 11) is 0. The zero-order chi connectivity index (χ0) is 35.6. The van der Waals surface area contributed by atoms with Crippen LogP contribution >= 0.6 is 0 Å². The Morgan fingerprint density at radius 1 is 0.620 bits per heavy atom. The van der Waals surface area contributed by atoms with Crippen LogP contribution in [0.1, 0.15) is 55.5 Å². The van der Waals surface area contributed by atoms with Gasteiger partial charge in [-0.25, -0.2) is 28.7 Å². The highest BCUT2D eigenvalue weighted by Crippen LogP contribution is 2.24. The number of nitrogens with one attached hydrogen (secondary N) is 2. The molecule has 0 amide bonds. The van der Waals surface area contributed by atoms with Crippen molar-refractivity contribution in [3.8, 4) is 22.9 Å². The molecule has 0 bridgehead atoms. The van der Waals surface area contributed by atoms with Gasteiger partial charge in [0.1, 0.15) is 11.6 Å². The molecule has 2 aromatic carbocycles. The summed E-state index contributed by atoms with van der Waals surface area (Å²) in [5.74, 6) is -1.33. The third-order valence-corrected chi connectivity index (χ3v) is 6.89. The molecule has 0 spiro atoms. The summed E-state index contributed by atoms with van der Waals surface area (Å²) in [5, 5.41) is 19.7. The minimum atomic E-state index is -2.82. The van der Waals surface area contributed by atoms with E-state index in [1.807, 2.05) is 13.8 Å². The maximum atomic E-state index is 12.9. The molecule has 0 saturated carbocycles. The van der Waals surface area contributed by atoms with Crippen molar-refractivity contribution in [3.05, 3.63) is 108 Å². The lowest BCUT2D eigenvalue weighted by atomic mass is 10.0. The van der Waals surface area contributed by atoms with E-state index in [9.17, 15) is 26.3 Å². The van der Waals surface area contributed by atoms with Gasteiger partial charge in [-0.1, -0.05) is 31.2 Å². The van der Waals surface area contributed by atoms with Crippen LogP contribution in [0.25, 0.3) is 22.9 Å². The number of alkyl halides is 4. The van der Waals surface area contributed by atoms with Crippen LogP contribution in [-0.2, 0) is 6.42 Å². The lowest BCUT2D eigenvalue weighted by molar-refractivity contribution is 0.115. The number of halogens is 6. The highest BCUT2D eigenvalue weighted by atomic mass is 19.3. The number of hydrogen-bond donors (Lipinski definition) is 2. The zero-order valence-corrected chi connectivity index (χ0v) is 26.3. The Morgan fingerprint density at radius 3 is 1.54 bits per heavy atom. The van der Waals surface area contributed by atoms with E-state index in [0.717, 1.165) is 11.1 Å². The van der Waals surface area contributed by atoms with Crippen LogP contribution in [0.4, 0.5) is 38.2 Å². The molecule has 0 aliphatic heterocycles. The Labute approximate surface area is 280 Å². The molecule has 0 radical (unpaired) electrons. The summed E-state index contributed by atoms with van der Waals surface area (Å²) in [4.78, 5) is 16.4. The largest absolute Gasteiger partial charge is 0.415 e. The summed E-state index contributed by atoms with van der Waals surface area (Å²) >= 11 is 0. The molecule has 0 saturated heterocycles. The fourth-order valence-electron chi connectivity index (χ4n) is 4.32. The van der Waals surface area contributed by atoms with Crippen LogP contribution in [0, 0.1) is 11.6 Å². The van der Waals surface area contributed by atoms with Crippen molar-refractivity contribution in [2.24, 2.45) is 0 Å². The Morgan fingerprint density at radius 2 is 1.08 bits per heavy atom. The van der Waals surface area contributed by atoms with Crippen molar-refractivity contribution in [2.75, 3.05) is 17.2 Å². The van der Waals surface area contributed by atoms with Gasteiger partial charge in [0.25, 0.3) is 23.6 Å². The summed E-state index contributed by atoms with van der Waals surface area (Å²) in [5.41, 5.74) is 2.65. The molecule has 2 N–H and O–H groups in total. The van der Waals surface area contributed by atoms with Crippen LogP contribution < -0.4 is 10.6 Å². The molecule has 260 valence electrons. The molecule has 0 fully saturated rings. The first-order valence-corrected chi connectivity index (χ1v) is 14.9. The molecule has 0 aliphatic carbocycles. The Balaban J connectivity index is 0.000000194. The van der Waals surface area contributed by atoms with Crippen LogP contribution in [0.5, 0.6) is 0 Å². The first-order valence-electron chi connectivity index (χ1n) is 14.9. The molecule has 2 unspecified atom stereocenters. The predicted octanol–water partition coefficient (Wildman–Crippen LogP) is 7.47. The molecule has 6 rings (SSSR count). The van der Waals surface area contributed by atoms with Crippen molar-refractivity contribution >= 4 is 11.9 Å². The van der Waals surface area contributed by atoms with Crippen LogP contribution in [0.15, 0.2) is 82.2 Å². The quantitative estimate of drug-likeness (QED) is 0.122. The second-order valence-electron chi connectivity index (χ2n) is 10.8. The average molecular weight is 699 g/mol. The van der Waals surface area contributed by atoms with Crippen molar-refractivity contribution in [1.82, 2.24) is 40.3 Å². The van der Waals surface area contributed by atoms with Crippen LogP contribution in [-0.4, -0.2) is 52.9 Å². The fourth-order valence-corrected chi connectivity index (χ4v) is 4.32. The molecule has 50 heavy (non-hydrogen) atoms. The second kappa shape index (κ2) is 16.4. The van der Waals surface area contributed by atoms with E-state index in [2.05, 4.69) is 51.0 Å². The lowest BCUT2D eigenvalue weighted by Gasteiger charge is -2.13. The highest BCUT2D eigenvalue weighted by Gasteiger charge is 2.19. The average Bonchev–Trinajstić information content (AvgIpc) is 3.81. The number of nitrogens with zero attached hydrogens (tertiary/aromatic N) is 8. The summed E-state index contributed by atoms with van der Waals surface area (Å²) in [6.07, 6.45) is 0.631. The van der Waals surface area contributed by atoms with Gasteiger partial charge < -0.3 is 19.5 Å². The Hall–Kier alpha value is -5.94. The van der Waals surface area contributed by atoms with Gasteiger partial charge in [0, 0.05) is 37.4 Å². The minimum Gasteiger partial charge on any atom is -0.415 e. The smallest absolute Gasteiger partial charge is 0.314 e. The standard InChI is InChI=1S/2C16H14F3N5O/c1-9(10-2-4-12(17)5-3-10)6-20-16-21-7-11(8-22-16)14-23-24-15(25-14)13(18)19;1-9(6-10-2-4-12(17)5-3-10)22-16-20-7-11(8-21-16)14-23-24-15(25-14)13(18)19/h2*2-5,7-9,13H,6H2,1H3,(H,20,21,22). The number of hydrogen-bond acceptors (Lipinski definition) is 12. The van der Waals surface area contributed by atoms with Crippen LogP contribution in [0.2, 0.25) is 0 Å². The maximum Gasteiger partial charge on any atom is 0.314 e. The Kier molecular flexibility index (Phi) is 11.6. The number of aromatic nitrogens is 8. The number of rotatable bonds is 12. The van der Waals surface area contributed by atoms with Gasteiger partial charge in [-0.15, -0.1) is 20.4 Å². The fraction of sp³-hybridized carbons (Fsp3) is 0.250. The van der Waals surface area contributed by atoms with Crippen molar-refractivity contribution < 1.29 is 35.2 Å². The van der Waals surface area contributed by atoms with Gasteiger partial charge in [-0.05, 0) is 54.7 Å². The highest BCUT2D eigenvalue weighted by molar-refractivity contribution is 5.51. The van der Waals surface area contributed by atoms with Gasteiger partial charge >= 0.3 is 12.9 Å². The molecule has 4 heterocycles. The second-order valence-corrected chi connectivity index (χ2v) is 10.8.